The van der Waals surface area contributed by atoms with Crippen molar-refractivity contribution in [1.29, 1.82) is 0 Å². The molecular weight excluding hydrogens is 560 g/mol. The van der Waals surface area contributed by atoms with Crippen molar-refractivity contribution in [2.24, 2.45) is 0 Å². The largest absolute Gasteiger partial charge is 0.504 e. The van der Waals surface area contributed by atoms with Gasteiger partial charge in [-0.15, -0.1) is 0 Å². The van der Waals surface area contributed by atoms with E-state index in [2.05, 4.69) is 0 Å². The monoisotopic (exact) mass is 606 g/mol. The second kappa shape index (κ2) is 13.6. The number of rotatable bonds is 10. The van der Waals surface area contributed by atoms with Crippen LogP contribution in [0, 0.1) is 27.7 Å². The highest BCUT2D eigenvalue weighted by atomic mass is 16.6. The van der Waals surface area contributed by atoms with Crippen LogP contribution in [0.2, 0.25) is 0 Å². The van der Waals surface area contributed by atoms with Gasteiger partial charge in [0.2, 0.25) is 0 Å². The van der Waals surface area contributed by atoms with Crippen LogP contribution < -0.4 is 14.2 Å². The number of carbonyl (C=O) groups is 2. The molecule has 3 aromatic carbocycles. The Hall–Kier alpha value is -4.20. The average molecular weight is 607 g/mol. The van der Waals surface area contributed by atoms with E-state index in [0.29, 0.717) is 17.1 Å². The number of phenolic OH excluding ortho intramolecular Hbond substituents is 1. The third-order valence-electron chi connectivity index (χ3n) is 6.57. The highest BCUT2D eigenvalue weighted by molar-refractivity contribution is 5.73. The summed E-state index contributed by atoms with van der Waals surface area (Å²) >= 11 is 0. The molecule has 3 rings (SSSR count). The maximum atomic E-state index is 12.7. The molecule has 44 heavy (non-hydrogen) atoms. The van der Waals surface area contributed by atoms with Gasteiger partial charge in [0, 0.05) is 22.6 Å². The van der Waals surface area contributed by atoms with Crippen molar-refractivity contribution in [2.45, 2.75) is 86.4 Å². The van der Waals surface area contributed by atoms with Gasteiger partial charge in [-0.3, -0.25) is 0 Å². The number of hydrogen-bond donors (Lipinski definition) is 1. The number of aromatic hydroxyl groups is 1. The number of benzene rings is 3. The summed E-state index contributed by atoms with van der Waals surface area (Å²) in [5.41, 5.74) is 4.32. The maximum Gasteiger partial charge on any atom is 0.344 e. The SMILES string of the molecule is COc1c(O)cccc1C(c1cc(C)cc(C)c1OCC(=O)OC(C)(C)C)c1cc(C)cc(C)c1OCC(=O)OC(C)(C)C. The molecule has 0 unspecified atom stereocenters. The van der Waals surface area contributed by atoms with Crippen LogP contribution in [0.3, 0.4) is 0 Å². The summed E-state index contributed by atoms with van der Waals surface area (Å²) in [7, 11) is 1.50. The van der Waals surface area contributed by atoms with Crippen molar-refractivity contribution < 1.29 is 38.4 Å². The molecule has 3 aromatic rings. The standard InChI is InChI=1S/C36H46O8/c1-21-15-23(3)32(41-19-29(38)43-35(5,6)7)26(17-21)31(25-13-12-14-28(37)34(25)40-11)27-18-22(2)16-24(4)33(27)42-20-30(39)44-36(8,9)10/h12-18,31,37H,19-20H2,1-11H3. The fourth-order valence-corrected chi connectivity index (χ4v) is 5.30. The minimum absolute atomic E-state index is 0.0313. The Balaban J connectivity index is 2.28. The van der Waals surface area contributed by atoms with Crippen molar-refractivity contribution in [3.8, 4) is 23.0 Å². The molecule has 0 saturated heterocycles. The van der Waals surface area contributed by atoms with Gasteiger partial charge < -0.3 is 28.8 Å². The zero-order chi connectivity index (χ0) is 33.0. The van der Waals surface area contributed by atoms with E-state index in [-0.39, 0.29) is 24.7 Å². The predicted molar refractivity (Wildman–Crippen MR) is 170 cm³/mol. The molecule has 0 heterocycles. The van der Waals surface area contributed by atoms with E-state index in [1.807, 2.05) is 58.0 Å². The molecule has 0 atom stereocenters. The number of hydrogen-bond acceptors (Lipinski definition) is 8. The van der Waals surface area contributed by atoms with Crippen molar-refractivity contribution >= 4 is 11.9 Å². The van der Waals surface area contributed by atoms with Gasteiger partial charge in [-0.05, 0) is 86.4 Å². The number of esters is 2. The first-order valence-corrected chi connectivity index (χ1v) is 14.7. The maximum absolute atomic E-state index is 12.7. The van der Waals surface area contributed by atoms with Gasteiger partial charge in [0.15, 0.2) is 24.7 Å². The minimum Gasteiger partial charge on any atom is -0.504 e. The first kappa shape index (κ1) is 34.3. The van der Waals surface area contributed by atoms with Crippen molar-refractivity contribution in [3.05, 3.63) is 81.4 Å². The van der Waals surface area contributed by atoms with Crippen LogP contribution >= 0.6 is 0 Å². The fraction of sp³-hybridized carbons (Fsp3) is 0.444. The zero-order valence-electron chi connectivity index (χ0n) is 27.8. The van der Waals surface area contributed by atoms with Gasteiger partial charge in [-0.25, -0.2) is 9.59 Å². The van der Waals surface area contributed by atoms with Gasteiger partial charge in [-0.1, -0.05) is 47.5 Å². The third kappa shape index (κ3) is 8.91. The molecule has 238 valence electrons. The van der Waals surface area contributed by atoms with Gasteiger partial charge in [-0.2, -0.15) is 0 Å². The Morgan fingerprint density at radius 3 is 1.50 bits per heavy atom. The smallest absolute Gasteiger partial charge is 0.344 e. The lowest BCUT2D eigenvalue weighted by atomic mass is 9.81. The molecule has 0 radical (unpaired) electrons. The summed E-state index contributed by atoms with van der Waals surface area (Å²) < 4.78 is 29.2. The van der Waals surface area contributed by atoms with Crippen LogP contribution in [0.15, 0.2) is 42.5 Å². The molecule has 0 bridgehead atoms. The summed E-state index contributed by atoms with van der Waals surface area (Å²) in [6, 6.07) is 13.1. The van der Waals surface area contributed by atoms with Gasteiger partial charge in [0.05, 0.1) is 7.11 Å². The Bertz CT molecular complexity index is 1420. The van der Waals surface area contributed by atoms with E-state index in [1.165, 1.54) is 7.11 Å². The van der Waals surface area contributed by atoms with E-state index < -0.39 is 29.1 Å². The van der Waals surface area contributed by atoms with Crippen LogP contribution in [-0.4, -0.2) is 48.6 Å². The average Bonchev–Trinajstić information content (AvgIpc) is 2.85. The minimum atomic E-state index is -0.664. The third-order valence-corrected chi connectivity index (χ3v) is 6.57. The molecule has 0 fully saturated rings. The molecule has 0 aliphatic carbocycles. The van der Waals surface area contributed by atoms with Crippen LogP contribution in [0.1, 0.15) is 86.4 Å². The molecule has 0 spiro atoms. The molecule has 8 nitrogen and oxygen atoms in total. The summed E-state index contributed by atoms with van der Waals surface area (Å²) in [6.07, 6.45) is 0. The highest BCUT2D eigenvalue weighted by Crippen LogP contribution is 2.48. The van der Waals surface area contributed by atoms with Crippen LogP contribution in [0.5, 0.6) is 23.0 Å². The predicted octanol–water partition coefficient (Wildman–Crippen LogP) is 7.26. The topological polar surface area (TPSA) is 101 Å². The quantitative estimate of drug-likeness (QED) is 0.190. The van der Waals surface area contributed by atoms with E-state index in [0.717, 1.165) is 33.4 Å². The van der Waals surface area contributed by atoms with Crippen molar-refractivity contribution in [1.82, 2.24) is 0 Å². The van der Waals surface area contributed by atoms with E-state index >= 15 is 0 Å². The number of aryl methyl sites for hydroxylation is 4. The molecule has 0 aliphatic heterocycles. The second-order valence-electron chi connectivity index (χ2n) is 13.1. The second-order valence-corrected chi connectivity index (χ2v) is 13.1. The Kier molecular flexibility index (Phi) is 10.6. The number of ether oxygens (including phenoxy) is 5. The first-order chi connectivity index (χ1) is 20.4. The van der Waals surface area contributed by atoms with E-state index in [9.17, 15) is 14.7 Å². The number of methoxy groups -OCH3 is 1. The number of para-hydroxylation sites is 1. The molecule has 1 N–H and O–H groups in total. The van der Waals surface area contributed by atoms with Crippen molar-refractivity contribution in [2.75, 3.05) is 20.3 Å². The van der Waals surface area contributed by atoms with Crippen LogP contribution in [0.25, 0.3) is 0 Å². The molecule has 0 aromatic heterocycles. The lowest BCUT2D eigenvalue weighted by molar-refractivity contribution is -0.158. The number of phenols is 1. The molecule has 8 heteroatoms. The molecular formula is C36H46O8. The van der Waals surface area contributed by atoms with Gasteiger partial charge in [0.25, 0.3) is 0 Å². The Morgan fingerprint density at radius 1 is 0.682 bits per heavy atom. The summed E-state index contributed by atoms with van der Waals surface area (Å²) in [4.78, 5) is 25.4. The number of carbonyl (C=O) groups excluding carboxylic acids is 2. The van der Waals surface area contributed by atoms with Crippen molar-refractivity contribution in [3.63, 3.8) is 0 Å². The lowest BCUT2D eigenvalue weighted by Gasteiger charge is -2.28. The van der Waals surface area contributed by atoms with Gasteiger partial charge in [0.1, 0.15) is 22.7 Å². The van der Waals surface area contributed by atoms with E-state index in [1.54, 1.807) is 53.7 Å². The summed E-state index contributed by atoms with van der Waals surface area (Å²) in [5.74, 6) is -0.353. The lowest BCUT2D eigenvalue weighted by Crippen LogP contribution is -2.28. The van der Waals surface area contributed by atoms with E-state index in [4.69, 9.17) is 23.7 Å². The fourth-order valence-electron chi connectivity index (χ4n) is 5.30. The zero-order valence-corrected chi connectivity index (χ0v) is 27.8. The van der Waals surface area contributed by atoms with Crippen LogP contribution in [0.4, 0.5) is 0 Å². The molecule has 0 aliphatic rings. The summed E-state index contributed by atoms with van der Waals surface area (Å²) in [6.45, 7) is 18.0. The summed E-state index contributed by atoms with van der Waals surface area (Å²) in [5, 5.41) is 10.8. The first-order valence-electron chi connectivity index (χ1n) is 14.7. The van der Waals surface area contributed by atoms with Crippen LogP contribution in [-0.2, 0) is 19.1 Å². The Labute approximate surface area is 261 Å². The highest BCUT2D eigenvalue weighted by Gasteiger charge is 2.31. The van der Waals surface area contributed by atoms with Gasteiger partial charge >= 0.3 is 11.9 Å². The normalized spacial score (nSPS) is 11.7. The molecule has 0 amide bonds. The Morgan fingerprint density at radius 2 is 1.11 bits per heavy atom. The molecule has 0 saturated carbocycles.